The van der Waals surface area contributed by atoms with Crippen LogP contribution >= 0.6 is 34.8 Å². The minimum atomic E-state index is -0.362. The Morgan fingerprint density at radius 3 is 2.32 bits per heavy atom. The van der Waals surface area contributed by atoms with Crippen LogP contribution in [0.2, 0.25) is 15.1 Å². The normalized spacial score (nSPS) is 10.6. The molecule has 0 amide bonds. The third kappa shape index (κ3) is 4.87. The van der Waals surface area contributed by atoms with Gasteiger partial charge >= 0.3 is 0 Å². The van der Waals surface area contributed by atoms with Gasteiger partial charge in [0.1, 0.15) is 17.7 Å². The smallest absolute Gasteiger partial charge is 0.260 e. The molecule has 0 aliphatic carbocycles. The summed E-state index contributed by atoms with van der Waals surface area (Å²) < 4.78 is 0. The Labute approximate surface area is 228 Å². The summed E-state index contributed by atoms with van der Waals surface area (Å²) in [5.41, 5.74) is 2.70. The molecule has 0 aliphatic heterocycles. The number of aromatic amines is 1. The van der Waals surface area contributed by atoms with E-state index in [0.29, 0.717) is 22.3 Å². The number of benzene rings is 3. The van der Waals surface area contributed by atoms with Crippen LogP contribution in [0.4, 0.5) is 28.4 Å². The van der Waals surface area contributed by atoms with Crippen molar-refractivity contribution in [3.8, 4) is 12.1 Å². The molecule has 1 heterocycles. The molecule has 4 rings (SSSR count). The van der Waals surface area contributed by atoms with E-state index in [2.05, 4.69) is 39.3 Å². The van der Waals surface area contributed by atoms with E-state index < -0.39 is 0 Å². The molecule has 186 valence electrons. The Hall–Kier alpha value is -3.95. The second kappa shape index (κ2) is 11.0. The number of anilines is 5. The van der Waals surface area contributed by atoms with Gasteiger partial charge in [-0.1, -0.05) is 40.9 Å². The van der Waals surface area contributed by atoms with E-state index in [1.54, 1.807) is 12.1 Å². The van der Waals surface area contributed by atoms with E-state index in [0.717, 1.165) is 24.5 Å². The van der Waals surface area contributed by atoms with Crippen molar-refractivity contribution in [3.05, 3.63) is 79.3 Å². The van der Waals surface area contributed by atoms with Crippen molar-refractivity contribution in [2.24, 2.45) is 0 Å². The Kier molecular flexibility index (Phi) is 7.75. The fraction of sp³-hybridized carbons (Fsp3) is 0.154. The first kappa shape index (κ1) is 26.1. The highest BCUT2D eigenvalue weighted by atomic mass is 35.5. The second-order valence-electron chi connectivity index (χ2n) is 7.88. The van der Waals surface area contributed by atoms with E-state index in [4.69, 9.17) is 34.8 Å². The summed E-state index contributed by atoms with van der Waals surface area (Å²) in [4.78, 5) is 22.1. The molecule has 0 saturated heterocycles. The molecule has 0 radical (unpaired) electrons. The summed E-state index contributed by atoms with van der Waals surface area (Å²) in [6, 6.07) is 15.1. The van der Waals surface area contributed by atoms with E-state index in [1.165, 1.54) is 6.33 Å². The number of hydrogen-bond donors (Lipinski definition) is 3. The van der Waals surface area contributed by atoms with Gasteiger partial charge < -0.3 is 20.5 Å². The molecule has 0 bridgehead atoms. The topological polar surface area (TPSA) is 121 Å². The predicted molar refractivity (Wildman–Crippen MR) is 150 cm³/mol. The zero-order valence-corrected chi connectivity index (χ0v) is 22.1. The Balaban J connectivity index is 1.82. The van der Waals surface area contributed by atoms with Gasteiger partial charge in [0.15, 0.2) is 0 Å². The van der Waals surface area contributed by atoms with Crippen molar-refractivity contribution in [2.75, 3.05) is 28.6 Å². The number of hydrogen-bond acceptors (Lipinski definition) is 7. The predicted octanol–water partition coefficient (Wildman–Crippen LogP) is 6.96. The van der Waals surface area contributed by atoms with Gasteiger partial charge in [0.05, 0.1) is 55.0 Å². The molecule has 0 atom stereocenters. The molecule has 8 nitrogen and oxygen atoms in total. The monoisotopic (exact) mass is 551 g/mol. The number of rotatable bonds is 7. The molecule has 3 N–H and O–H groups in total. The lowest BCUT2D eigenvalue weighted by Crippen LogP contribution is -2.21. The van der Waals surface area contributed by atoms with Gasteiger partial charge in [-0.3, -0.25) is 4.79 Å². The van der Waals surface area contributed by atoms with Gasteiger partial charge in [0.2, 0.25) is 0 Å². The van der Waals surface area contributed by atoms with Crippen molar-refractivity contribution in [1.29, 1.82) is 10.5 Å². The number of aromatic nitrogens is 2. The molecule has 0 saturated carbocycles. The van der Waals surface area contributed by atoms with Crippen LogP contribution in [0.1, 0.15) is 25.0 Å². The standard InChI is InChI=1S/C26H20Cl3N7O/c1-3-36(4-2)15-7-5-6-14(10-15)34-18-8-9-19(25-20(18)26(37)33-13-32-25)35-24-17(12-31)21(27)16(11-30)22(28)23(24)29/h5-10,13,34-35H,3-4H2,1-2H3,(H,32,33,37). The van der Waals surface area contributed by atoms with Crippen molar-refractivity contribution >= 4 is 74.1 Å². The SMILES string of the molecule is CCN(CC)c1cccc(Nc2ccc(Nc3c(Cl)c(Cl)c(C#N)c(Cl)c3C#N)c3nc[nH]c(=O)c23)c1. The summed E-state index contributed by atoms with van der Waals surface area (Å²) in [6.07, 6.45) is 1.28. The number of H-pyrrole nitrogens is 1. The van der Waals surface area contributed by atoms with Gasteiger partial charge in [0.25, 0.3) is 5.56 Å². The maximum atomic E-state index is 12.9. The molecule has 0 aliphatic rings. The van der Waals surface area contributed by atoms with Gasteiger partial charge in [-0.05, 0) is 44.2 Å². The zero-order valence-electron chi connectivity index (χ0n) is 19.8. The molecule has 0 unspecified atom stereocenters. The van der Waals surface area contributed by atoms with E-state index in [-0.39, 0.29) is 37.4 Å². The summed E-state index contributed by atoms with van der Waals surface area (Å²) in [5, 5.41) is 25.5. The molecule has 1 aromatic heterocycles. The summed E-state index contributed by atoms with van der Waals surface area (Å²) in [7, 11) is 0. The van der Waals surface area contributed by atoms with Gasteiger partial charge in [-0.2, -0.15) is 10.5 Å². The molecular weight excluding hydrogens is 533 g/mol. The number of nitrogens with zero attached hydrogens (tertiary/aromatic N) is 4. The van der Waals surface area contributed by atoms with Crippen LogP contribution in [0.15, 0.2) is 47.5 Å². The number of fused-ring (bicyclic) bond motifs is 1. The van der Waals surface area contributed by atoms with Crippen LogP contribution in [-0.4, -0.2) is 23.1 Å². The summed E-state index contributed by atoms with van der Waals surface area (Å²) >= 11 is 18.9. The lowest BCUT2D eigenvalue weighted by Gasteiger charge is -2.22. The maximum Gasteiger partial charge on any atom is 0.260 e. The van der Waals surface area contributed by atoms with Crippen molar-refractivity contribution in [3.63, 3.8) is 0 Å². The summed E-state index contributed by atoms with van der Waals surface area (Å²) in [6.45, 7) is 5.91. The average Bonchev–Trinajstić information content (AvgIpc) is 2.90. The van der Waals surface area contributed by atoms with E-state index >= 15 is 0 Å². The number of nitriles is 2. The highest BCUT2D eigenvalue weighted by molar-refractivity contribution is 6.46. The third-order valence-corrected chi connectivity index (χ3v) is 7.08. The zero-order chi connectivity index (χ0) is 26.7. The fourth-order valence-corrected chi connectivity index (χ4v) is 4.82. The molecular formula is C26H20Cl3N7O. The van der Waals surface area contributed by atoms with Crippen LogP contribution in [0.25, 0.3) is 10.9 Å². The Morgan fingerprint density at radius 1 is 0.946 bits per heavy atom. The lowest BCUT2D eigenvalue weighted by atomic mass is 10.1. The van der Waals surface area contributed by atoms with Gasteiger partial charge in [-0.15, -0.1) is 0 Å². The molecule has 0 fully saturated rings. The van der Waals surface area contributed by atoms with Crippen LogP contribution in [0.3, 0.4) is 0 Å². The molecule has 37 heavy (non-hydrogen) atoms. The van der Waals surface area contributed by atoms with Crippen molar-refractivity contribution < 1.29 is 0 Å². The molecule has 4 aromatic rings. The maximum absolute atomic E-state index is 12.9. The first-order chi connectivity index (χ1) is 17.8. The van der Waals surface area contributed by atoms with Crippen LogP contribution in [0.5, 0.6) is 0 Å². The Bertz CT molecular complexity index is 1650. The molecule has 0 spiro atoms. The highest BCUT2D eigenvalue weighted by Gasteiger charge is 2.23. The molecule has 3 aromatic carbocycles. The minimum absolute atomic E-state index is 0.0485. The fourth-order valence-electron chi connectivity index (χ4n) is 4.03. The molecule has 11 heteroatoms. The first-order valence-electron chi connectivity index (χ1n) is 11.2. The quantitative estimate of drug-likeness (QED) is 0.212. The first-order valence-corrected chi connectivity index (χ1v) is 12.4. The lowest BCUT2D eigenvalue weighted by molar-refractivity contribution is 0.866. The summed E-state index contributed by atoms with van der Waals surface area (Å²) in [5.74, 6) is 0. The largest absolute Gasteiger partial charge is 0.372 e. The van der Waals surface area contributed by atoms with E-state index in [1.807, 2.05) is 36.4 Å². The van der Waals surface area contributed by atoms with Gasteiger partial charge in [0, 0.05) is 24.5 Å². The van der Waals surface area contributed by atoms with Crippen molar-refractivity contribution in [2.45, 2.75) is 13.8 Å². The van der Waals surface area contributed by atoms with Crippen LogP contribution < -0.4 is 21.1 Å². The van der Waals surface area contributed by atoms with Crippen LogP contribution in [0, 0.1) is 22.7 Å². The average molecular weight is 553 g/mol. The number of nitrogens with one attached hydrogen (secondary N) is 3. The van der Waals surface area contributed by atoms with E-state index in [9.17, 15) is 15.3 Å². The van der Waals surface area contributed by atoms with Crippen LogP contribution in [-0.2, 0) is 0 Å². The van der Waals surface area contributed by atoms with Crippen molar-refractivity contribution in [1.82, 2.24) is 9.97 Å². The third-order valence-electron chi connectivity index (χ3n) is 5.85. The minimum Gasteiger partial charge on any atom is -0.372 e. The Morgan fingerprint density at radius 2 is 1.65 bits per heavy atom. The number of halogens is 3. The highest BCUT2D eigenvalue weighted by Crippen LogP contribution is 2.43. The second-order valence-corrected chi connectivity index (χ2v) is 9.01. The van der Waals surface area contributed by atoms with Gasteiger partial charge in [-0.25, -0.2) is 4.98 Å².